The van der Waals surface area contributed by atoms with Crippen LogP contribution in [0, 0.1) is 0 Å². The van der Waals surface area contributed by atoms with Crippen LogP contribution in [-0.4, -0.2) is 15.2 Å². The van der Waals surface area contributed by atoms with E-state index in [0.717, 1.165) is 10.3 Å². The summed E-state index contributed by atoms with van der Waals surface area (Å²) in [6.07, 6.45) is 1.52. The maximum atomic E-state index is 4.06. The molecule has 84 valence electrons. The maximum Gasteiger partial charge on any atom is 0.138 e. The highest BCUT2D eigenvalue weighted by Gasteiger charge is 2.05. The van der Waals surface area contributed by atoms with Crippen molar-refractivity contribution in [2.45, 2.75) is 19.5 Å². The van der Waals surface area contributed by atoms with Crippen molar-refractivity contribution < 1.29 is 0 Å². The van der Waals surface area contributed by atoms with Gasteiger partial charge in [-0.1, -0.05) is 28.1 Å². The van der Waals surface area contributed by atoms with Crippen LogP contribution in [0.3, 0.4) is 0 Å². The number of halogens is 1. The first-order chi connectivity index (χ1) is 7.75. The fourth-order valence-electron chi connectivity index (χ4n) is 1.44. The molecular formula is C11H13BrN4. The summed E-state index contributed by atoms with van der Waals surface area (Å²) in [5, 5.41) is 10.00. The van der Waals surface area contributed by atoms with E-state index in [2.05, 4.69) is 55.5 Å². The number of H-pyrrole nitrogens is 1. The lowest BCUT2D eigenvalue weighted by atomic mass is 10.1. The second kappa shape index (κ2) is 5.23. The minimum absolute atomic E-state index is 0.290. The first-order valence-corrected chi connectivity index (χ1v) is 5.88. The third-order valence-corrected chi connectivity index (χ3v) is 2.94. The fraction of sp³-hybridized carbons (Fsp3) is 0.273. The van der Waals surface area contributed by atoms with Crippen molar-refractivity contribution in [2.75, 3.05) is 0 Å². The van der Waals surface area contributed by atoms with Crippen LogP contribution >= 0.6 is 15.9 Å². The van der Waals surface area contributed by atoms with Crippen molar-refractivity contribution in [2.24, 2.45) is 0 Å². The zero-order valence-corrected chi connectivity index (χ0v) is 10.5. The van der Waals surface area contributed by atoms with Gasteiger partial charge in [0.05, 0.1) is 6.54 Å². The molecule has 0 aliphatic heterocycles. The van der Waals surface area contributed by atoms with Gasteiger partial charge in [-0.2, -0.15) is 5.10 Å². The molecule has 0 radical (unpaired) electrons. The number of aromatic amines is 1. The molecule has 1 heterocycles. The molecule has 2 N–H and O–H groups in total. The normalized spacial score (nSPS) is 12.6. The van der Waals surface area contributed by atoms with E-state index in [-0.39, 0.29) is 0 Å². The molecule has 1 aromatic carbocycles. The summed E-state index contributed by atoms with van der Waals surface area (Å²) in [7, 11) is 0. The molecule has 2 rings (SSSR count). The van der Waals surface area contributed by atoms with Gasteiger partial charge < -0.3 is 5.32 Å². The standard InChI is InChI=1S/C11H13BrN4/c1-8(9-2-4-10(12)5-3-9)13-6-11-14-7-15-16-11/h2-5,7-8,13H,6H2,1H3,(H,14,15,16). The highest BCUT2D eigenvalue weighted by molar-refractivity contribution is 9.10. The average Bonchev–Trinajstić information content (AvgIpc) is 2.80. The molecule has 1 atom stereocenters. The first kappa shape index (κ1) is 11.3. The summed E-state index contributed by atoms with van der Waals surface area (Å²) in [5.74, 6) is 0.851. The monoisotopic (exact) mass is 280 g/mol. The van der Waals surface area contributed by atoms with E-state index in [1.54, 1.807) is 0 Å². The van der Waals surface area contributed by atoms with Crippen LogP contribution in [0.15, 0.2) is 35.1 Å². The van der Waals surface area contributed by atoms with Crippen LogP contribution in [0.5, 0.6) is 0 Å². The van der Waals surface area contributed by atoms with E-state index in [9.17, 15) is 0 Å². The number of rotatable bonds is 4. The Morgan fingerprint density at radius 2 is 2.12 bits per heavy atom. The van der Waals surface area contributed by atoms with E-state index in [1.165, 1.54) is 11.9 Å². The number of benzene rings is 1. The Morgan fingerprint density at radius 1 is 1.38 bits per heavy atom. The molecule has 16 heavy (non-hydrogen) atoms. The number of nitrogens with one attached hydrogen (secondary N) is 2. The molecule has 0 aliphatic rings. The van der Waals surface area contributed by atoms with Gasteiger partial charge in [-0.05, 0) is 24.6 Å². The summed E-state index contributed by atoms with van der Waals surface area (Å²) in [6, 6.07) is 8.58. The predicted molar refractivity (Wildman–Crippen MR) is 65.8 cm³/mol. The summed E-state index contributed by atoms with van der Waals surface area (Å²) >= 11 is 3.42. The van der Waals surface area contributed by atoms with Crippen LogP contribution in [0.2, 0.25) is 0 Å². The van der Waals surface area contributed by atoms with Crippen molar-refractivity contribution in [3.05, 3.63) is 46.5 Å². The topological polar surface area (TPSA) is 53.6 Å². The minimum atomic E-state index is 0.290. The predicted octanol–water partition coefficient (Wildman–Crippen LogP) is 2.42. The largest absolute Gasteiger partial charge is 0.303 e. The Bertz CT molecular complexity index is 424. The molecule has 5 heteroatoms. The molecule has 0 saturated heterocycles. The van der Waals surface area contributed by atoms with E-state index < -0.39 is 0 Å². The molecule has 0 fully saturated rings. The maximum absolute atomic E-state index is 4.06. The molecule has 1 aromatic heterocycles. The Kier molecular flexibility index (Phi) is 3.69. The molecule has 0 spiro atoms. The van der Waals surface area contributed by atoms with Gasteiger partial charge in [0, 0.05) is 10.5 Å². The van der Waals surface area contributed by atoms with Gasteiger partial charge in [0.15, 0.2) is 0 Å². The average molecular weight is 281 g/mol. The second-order valence-electron chi connectivity index (χ2n) is 3.59. The molecular weight excluding hydrogens is 268 g/mol. The molecule has 4 nitrogen and oxygen atoms in total. The molecule has 0 bridgehead atoms. The van der Waals surface area contributed by atoms with Crippen molar-refractivity contribution in [1.82, 2.24) is 20.5 Å². The number of nitrogens with zero attached hydrogens (tertiary/aromatic N) is 2. The number of hydrogen-bond acceptors (Lipinski definition) is 3. The van der Waals surface area contributed by atoms with Crippen LogP contribution in [0.1, 0.15) is 24.4 Å². The Labute approximate surface area is 103 Å². The quantitative estimate of drug-likeness (QED) is 0.905. The highest BCUT2D eigenvalue weighted by Crippen LogP contribution is 2.16. The van der Waals surface area contributed by atoms with Crippen LogP contribution < -0.4 is 5.32 Å². The lowest BCUT2D eigenvalue weighted by molar-refractivity contribution is 0.560. The van der Waals surface area contributed by atoms with Crippen molar-refractivity contribution in [3.63, 3.8) is 0 Å². The second-order valence-corrected chi connectivity index (χ2v) is 4.50. The van der Waals surface area contributed by atoms with Gasteiger partial charge in [0.25, 0.3) is 0 Å². The summed E-state index contributed by atoms with van der Waals surface area (Å²) in [6.45, 7) is 2.82. The van der Waals surface area contributed by atoms with Gasteiger partial charge in [0.2, 0.25) is 0 Å². The molecule has 0 aliphatic carbocycles. The fourth-order valence-corrected chi connectivity index (χ4v) is 1.70. The van der Waals surface area contributed by atoms with Gasteiger partial charge in [-0.15, -0.1) is 0 Å². The minimum Gasteiger partial charge on any atom is -0.303 e. The SMILES string of the molecule is CC(NCc1ncn[nH]1)c1ccc(Br)cc1. The summed E-state index contributed by atoms with van der Waals surface area (Å²) < 4.78 is 1.10. The molecule has 2 aromatic rings. The third-order valence-electron chi connectivity index (χ3n) is 2.41. The van der Waals surface area contributed by atoms with E-state index in [4.69, 9.17) is 0 Å². The van der Waals surface area contributed by atoms with Gasteiger partial charge in [-0.25, -0.2) is 4.98 Å². The van der Waals surface area contributed by atoms with Crippen molar-refractivity contribution in [1.29, 1.82) is 0 Å². The van der Waals surface area contributed by atoms with Gasteiger partial charge in [0.1, 0.15) is 12.2 Å². The summed E-state index contributed by atoms with van der Waals surface area (Å²) in [5.41, 5.74) is 1.25. The lowest BCUT2D eigenvalue weighted by Gasteiger charge is -2.13. The first-order valence-electron chi connectivity index (χ1n) is 5.09. The van der Waals surface area contributed by atoms with Crippen molar-refractivity contribution >= 4 is 15.9 Å². The smallest absolute Gasteiger partial charge is 0.138 e. The molecule has 0 saturated carbocycles. The molecule has 0 amide bonds. The van der Waals surface area contributed by atoms with Gasteiger partial charge in [-0.3, -0.25) is 5.10 Å². The Balaban J connectivity index is 1.93. The van der Waals surface area contributed by atoms with Crippen LogP contribution in [0.4, 0.5) is 0 Å². The van der Waals surface area contributed by atoms with E-state index >= 15 is 0 Å². The Hall–Kier alpha value is -1.20. The molecule has 1 unspecified atom stereocenters. The van der Waals surface area contributed by atoms with Gasteiger partial charge >= 0.3 is 0 Å². The third kappa shape index (κ3) is 2.90. The van der Waals surface area contributed by atoms with E-state index in [0.29, 0.717) is 12.6 Å². The Morgan fingerprint density at radius 3 is 2.75 bits per heavy atom. The van der Waals surface area contributed by atoms with E-state index in [1.807, 2.05) is 12.1 Å². The zero-order chi connectivity index (χ0) is 11.4. The lowest BCUT2D eigenvalue weighted by Crippen LogP contribution is -2.18. The number of aromatic nitrogens is 3. The van der Waals surface area contributed by atoms with Crippen LogP contribution in [-0.2, 0) is 6.54 Å². The van der Waals surface area contributed by atoms with Crippen LogP contribution in [0.25, 0.3) is 0 Å². The zero-order valence-electron chi connectivity index (χ0n) is 8.94. The number of hydrogen-bond donors (Lipinski definition) is 2. The highest BCUT2D eigenvalue weighted by atomic mass is 79.9. The van der Waals surface area contributed by atoms with Crippen molar-refractivity contribution in [3.8, 4) is 0 Å². The summed E-state index contributed by atoms with van der Waals surface area (Å²) in [4.78, 5) is 4.06.